The third-order valence-electron chi connectivity index (χ3n) is 5.05. The zero-order valence-electron chi connectivity index (χ0n) is 14.4. The van der Waals surface area contributed by atoms with Gasteiger partial charge in [-0.3, -0.25) is 14.6 Å². The molecule has 3 heterocycles. The molecular weight excluding hydrogens is 328 g/mol. The Morgan fingerprint density at radius 1 is 1.15 bits per heavy atom. The number of carbonyl (C=O) groups excluding carboxylic acids is 1. The van der Waals surface area contributed by atoms with E-state index in [1.165, 1.54) is 5.56 Å². The molecule has 1 atom stereocenters. The second-order valence-electron chi connectivity index (χ2n) is 6.64. The molecule has 0 spiro atoms. The summed E-state index contributed by atoms with van der Waals surface area (Å²) in [4.78, 5) is 31.0. The van der Waals surface area contributed by atoms with Gasteiger partial charge in [0.2, 0.25) is 0 Å². The number of amides is 1. The van der Waals surface area contributed by atoms with Crippen LogP contribution in [0.5, 0.6) is 0 Å². The first kappa shape index (κ1) is 16.4. The van der Waals surface area contributed by atoms with Crippen molar-refractivity contribution in [2.24, 2.45) is 0 Å². The van der Waals surface area contributed by atoms with Crippen LogP contribution in [0.2, 0.25) is 0 Å². The van der Waals surface area contributed by atoms with Crippen LogP contribution in [-0.4, -0.2) is 38.6 Å². The number of fused-ring (bicyclic) bond motifs is 1. The van der Waals surface area contributed by atoms with Crippen LogP contribution in [0, 0.1) is 0 Å². The Morgan fingerprint density at radius 2 is 1.92 bits per heavy atom. The molecule has 1 fully saturated rings. The molecule has 4 rings (SSSR count). The number of aromatic amines is 1. The topological polar surface area (TPSA) is 79.0 Å². The van der Waals surface area contributed by atoms with Gasteiger partial charge in [0.25, 0.3) is 11.5 Å². The molecule has 0 bridgehead atoms. The van der Waals surface area contributed by atoms with Gasteiger partial charge in [-0.2, -0.15) is 5.10 Å². The van der Waals surface area contributed by atoms with Crippen LogP contribution in [0.15, 0.2) is 53.6 Å². The summed E-state index contributed by atoms with van der Waals surface area (Å²) < 4.78 is 0. The number of nitrogens with zero attached hydrogens (tertiary/aromatic N) is 3. The van der Waals surface area contributed by atoms with E-state index in [1.807, 2.05) is 23.1 Å². The number of aromatic nitrogens is 3. The predicted octanol–water partition coefficient (Wildman–Crippen LogP) is 2.56. The Morgan fingerprint density at radius 3 is 2.73 bits per heavy atom. The van der Waals surface area contributed by atoms with Crippen molar-refractivity contribution in [1.29, 1.82) is 0 Å². The highest BCUT2D eigenvalue weighted by atomic mass is 16.2. The van der Waals surface area contributed by atoms with Crippen LogP contribution >= 0.6 is 0 Å². The summed E-state index contributed by atoms with van der Waals surface area (Å²) in [5.74, 6) is -0.102. The van der Waals surface area contributed by atoms with Gasteiger partial charge in [0.05, 0.1) is 5.39 Å². The van der Waals surface area contributed by atoms with E-state index in [2.05, 4.69) is 15.2 Å². The van der Waals surface area contributed by atoms with E-state index >= 15 is 0 Å². The van der Waals surface area contributed by atoms with Crippen molar-refractivity contribution in [2.75, 3.05) is 6.54 Å². The van der Waals surface area contributed by atoms with Crippen LogP contribution < -0.4 is 5.56 Å². The molecule has 1 aliphatic heterocycles. The monoisotopic (exact) mass is 348 g/mol. The molecule has 2 aromatic heterocycles. The van der Waals surface area contributed by atoms with Gasteiger partial charge in [0, 0.05) is 30.4 Å². The molecule has 1 N–H and O–H groups in total. The second kappa shape index (κ2) is 7.07. The summed E-state index contributed by atoms with van der Waals surface area (Å²) >= 11 is 0. The molecule has 0 saturated carbocycles. The fourth-order valence-corrected chi connectivity index (χ4v) is 3.70. The zero-order valence-corrected chi connectivity index (χ0v) is 14.4. The molecule has 3 aromatic rings. The molecular formula is C20H20N4O2. The highest BCUT2D eigenvalue weighted by molar-refractivity contribution is 6.04. The van der Waals surface area contributed by atoms with Crippen molar-refractivity contribution >= 4 is 16.7 Å². The molecule has 132 valence electrons. The fourth-order valence-electron chi connectivity index (χ4n) is 3.70. The molecule has 1 aromatic carbocycles. The standard InChI is InChI=1S/C20H20N4O2/c25-19-17-6-2-1-5-16(17)18(22-23-19)20(26)24-13-3-4-15(24)8-7-14-9-11-21-12-10-14/h1-2,5-6,9-12,15H,3-4,7-8,13H2,(H,23,25)/t15-/m1/s1. The lowest BCUT2D eigenvalue weighted by molar-refractivity contribution is 0.0725. The third kappa shape index (κ3) is 3.10. The van der Waals surface area contributed by atoms with Gasteiger partial charge in [-0.25, -0.2) is 5.10 Å². The van der Waals surface area contributed by atoms with Crippen molar-refractivity contribution in [3.8, 4) is 0 Å². The van der Waals surface area contributed by atoms with Gasteiger partial charge in [0.15, 0.2) is 5.69 Å². The van der Waals surface area contributed by atoms with Crippen LogP contribution in [-0.2, 0) is 6.42 Å². The van der Waals surface area contributed by atoms with Crippen LogP contribution in [0.3, 0.4) is 0 Å². The Hall–Kier alpha value is -3.02. The number of hydrogen-bond acceptors (Lipinski definition) is 4. The zero-order chi connectivity index (χ0) is 17.9. The molecule has 26 heavy (non-hydrogen) atoms. The summed E-state index contributed by atoms with van der Waals surface area (Å²) in [5.41, 5.74) is 1.29. The first-order chi connectivity index (χ1) is 12.7. The largest absolute Gasteiger partial charge is 0.334 e. The van der Waals surface area contributed by atoms with E-state index in [1.54, 1.807) is 30.6 Å². The minimum absolute atomic E-state index is 0.102. The Bertz CT molecular complexity index is 984. The second-order valence-corrected chi connectivity index (χ2v) is 6.64. The number of likely N-dealkylation sites (tertiary alicyclic amines) is 1. The lowest BCUT2D eigenvalue weighted by Crippen LogP contribution is -2.37. The number of hydrogen-bond donors (Lipinski definition) is 1. The van der Waals surface area contributed by atoms with E-state index in [0.717, 1.165) is 32.2 Å². The smallest absolute Gasteiger partial charge is 0.275 e. The summed E-state index contributed by atoms with van der Waals surface area (Å²) in [7, 11) is 0. The summed E-state index contributed by atoms with van der Waals surface area (Å²) in [6, 6.07) is 11.3. The third-order valence-corrected chi connectivity index (χ3v) is 5.05. The SMILES string of the molecule is O=C(c1n[nH]c(=O)c2ccccc12)N1CCC[C@@H]1CCc1ccncc1. The summed E-state index contributed by atoms with van der Waals surface area (Å²) in [5, 5.41) is 7.64. The Balaban J connectivity index is 1.57. The van der Waals surface area contributed by atoms with Crippen LogP contribution in [0.25, 0.3) is 10.8 Å². The maximum Gasteiger partial charge on any atom is 0.275 e. The minimum atomic E-state index is -0.271. The van der Waals surface area contributed by atoms with Gasteiger partial charge < -0.3 is 4.90 Å². The van der Waals surface area contributed by atoms with Gasteiger partial charge in [-0.1, -0.05) is 18.2 Å². The minimum Gasteiger partial charge on any atom is -0.334 e. The molecule has 0 radical (unpaired) electrons. The van der Waals surface area contributed by atoms with Gasteiger partial charge in [-0.05, 0) is 49.4 Å². The average Bonchev–Trinajstić information content (AvgIpc) is 3.16. The van der Waals surface area contributed by atoms with Crippen molar-refractivity contribution in [1.82, 2.24) is 20.1 Å². The lowest BCUT2D eigenvalue weighted by Gasteiger charge is -2.24. The van der Waals surface area contributed by atoms with Crippen molar-refractivity contribution in [3.05, 3.63) is 70.4 Å². The predicted molar refractivity (Wildman–Crippen MR) is 99.0 cm³/mol. The normalized spacial score (nSPS) is 16.9. The van der Waals surface area contributed by atoms with Crippen LogP contribution in [0.4, 0.5) is 0 Å². The lowest BCUT2D eigenvalue weighted by atomic mass is 10.0. The molecule has 0 unspecified atom stereocenters. The van der Waals surface area contributed by atoms with E-state index < -0.39 is 0 Å². The van der Waals surface area contributed by atoms with Gasteiger partial charge >= 0.3 is 0 Å². The van der Waals surface area contributed by atoms with E-state index in [9.17, 15) is 9.59 Å². The van der Waals surface area contributed by atoms with E-state index in [4.69, 9.17) is 0 Å². The summed E-state index contributed by atoms with van der Waals surface area (Å²) in [6.45, 7) is 0.731. The number of nitrogens with one attached hydrogen (secondary N) is 1. The van der Waals surface area contributed by atoms with Crippen molar-refractivity contribution in [3.63, 3.8) is 0 Å². The molecule has 1 aliphatic rings. The van der Waals surface area contributed by atoms with Crippen molar-refractivity contribution < 1.29 is 4.79 Å². The fraction of sp³-hybridized carbons (Fsp3) is 0.300. The molecule has 6 nitrogen and oxygen atoms in total. The summed E-state index contributed by atoms with van der Waals surface area (Å²) in [6.07, 6.45) is 7.41. The van der Waals surface area contributed by atoms with Crippen LogP contribution in [0.1, 0.15) is 35.3 Å². The number of benzene rings is 1. The maximum atomic E-state index is 13.1. The maximum absolute atomic E-state index is 13.1. The van der Waals surface area contributed by atoms with Crippen molar-refractivity contribution in [2.45, 2.75) is 31.7 Å². The molecule has 1 saturated heterocycles. The van der Waals surface area contributed by atoms with Gasteiger partial charge in [0.1, 0.15) is 0 Å². The number of H-pyrrole nitrogens is 1. The van der Waals surface area contributed by atoms with E-state index in [0.29, 0.717) is 16.5 Å². The highest BCUT2D eigenvalue weighted by Gasteiger charge is 2.31. The highest BCUT2D eigenvalue weighted by Crippen LogP contribution is 2.25. The quantitative estimate of drug-likeness (QED) is 0.786. The average molecular weight is 348 g/mol. The number of pyridine rings is 1. The first-order valence-electron chi connectivity index (χ1n) is 8.91. The molecule has 0 aliphatic carbocycles. The van der Waals surface area contributed by atoms with Gasteiger partial charge in [-0.15, -0.1) is 0 Å². The number of aryl methyl sites for hydroxylation is 1. The Kier molecular flexibility index (Phi) is 4.48. The number of carbonyl (C=O) groups is 1. The molecule has 6 heteroatoms. The van der Waals surface area contributed by atoms with E-state index in [-0.39, 0.29) is 17.5 Å². The first-order valence-corrected chi connectivity index (χ1v) is 8.91. The Labute approximate surface area is 150 Å². The number of rotatable bonds is 4. The molecule has 1 amide bonds.